The SMILES string of the molecule is O=C(Cc1ccccc1)C1C(=O)Nc2cnccc21. The predicted molar refractivity (Wildman–Crippen MR) is 70.8 cm³/mol. The third kappa shape index (κ3) is 2.12. The molecule has 0 radical (unpaired) electrons. The summed E-state index contributed by atoms with van der Waals surface area (Å²) in [6, 6.07) is 11.2. The molecular weight excluding hydrogens is 240 g/mol. The zero-order chi connectivity index (χ0) is 13.2. The molecule has 0 fully saturated rings. The predicted octanol–water partition coefficient (Wildman–Crippen LogP) is 1.93. The van der Waals surface area contributed by atoms with E-state index < -0.39 is 5.92 Å². The summed E-state index contributed by atoms with van der Waals surface area (Å²) < 4.78 is 0. The van der Waals surface area contributed by atoms with Crippen LogP contribution in [0.5, 0.6) is 0 Å². The largest absolute Gasteiger partial charge is 0.324 e. The highest BCUT2D eigenvalue weighted by Crippen LogP contribution is 2.32. The lowest BCUT2D eigenvalue weighted by atomic mass is 9.93. The standard InChI is InChI=1S/C15H12N2O2/c18-13(8-10-4-2-1-3-5-10)14-11-6-7-16-9-12(11)17-15(14)19/h1-7,9,14H,8H2,(H,17,19). The fourth-order valence-corrected chi connectivity index (χ4v) is 2.33. The Morgan fingerprint density at radius 2 is 2.00 bits per heavy atom. The van der Waals surface area contributed by atoms with Gasteiger partial charge >= 0.3 is 0 Å². The van der Waals surface area contributed by atoms with Crippen LogP contribution < -0.4 is 5.32 Å². The van der Waals surface area contributed by atoms with Crippen LogP contribution in [0.1, 0.15) is 17.0 Å². The number of nitrogens with one attached hydrogen (secondary N) is 1. The van der Waals surface area contributed by atoms with Crippen molar-refractivity contribution in [3.05, 3.63) is 59.9 Å². The molecule has 0 saturated carbocycles. The molecule has 1 unspecified atom stereocenters. The van der Waals surface area contributed by atoms with Gasteiger partial charge in [0.15, 0.2) is 5.78 Å². The molecule has 0 aliphatic carbocycles. The lowest BCUT2D eigenvalue weighted by molar-refractivity contribution is -0.126. The minimum absolute atomic E-state index is 0.0892. The number of carbonyl (C=O) groups excluding carboxylic acids is 2. The average Bonchev–Trinajstić information content (AvgIpc) is 2.75. The number of amides is 1. The van der Waals surface area contributed by atoms with Crippen LogP contribution in [0.3, 0.4) is 0 Å². The summed E-state index contributed by atoms with van der Waals surface area (Å²) >= 11 is 0. The topological polar surface area (TPSA) is 59.1 Å². The average molecular weight is 252 g/mol. The summed E-state index contributed by atoms with van der Waals surface area (Å²) in [6.45, 7) is 0. The van der Waals surface area contributed by atoms with E-state index in [9.17, 15) is 9.59 Å². The molecule has 4 heteroatoms. The summed E-state index contributed by atoms with van der Waals surface area (Å²) in [4.78, 5) is 28.2. The number of Topliss-reactive ketones (excluding diaryl/α,β-unsaturated/α-hetero) is 1. The van der Waals surface area contributed by atoms with Crippen molar-refractivity contribution in [3.8, 4) is 0 Å². The summed E-state index contributed by atoms with van der Waals surface area (Å²) in [5, 5.41) is 2.69. The first kappa shape index (κ1) is 11.6. The first-order chi connectivity index (χ1) is 9.25. The van der Waals surface area contributed by atoms with E-state index >= 15 is 0 Å². The van der Waals surface area contributed by atoms with Crippen molar-refractivity contribution in [1.29, 1.82) is 0 Å². The van der Waals surface area contributed by atoms with Gasteiger partial charge in [0, 0.05) is 12.6 Å². The van der Waals surface area contributed by atoms with Gasteiger partial charge in [0.05, 0.1) is 11.9 Å². The smallest absolute Gasteiger partial charge is 0.239 e. The minimum Gasteiger partial charge on any atom is -0.324 e. The summed E-state index contributed by atoms with van der Waals surface area (Å²) in [7, 11) is 0. The number of aromatic nitrogens is 1. The van der Waals surface area contributed by atoms with Gasteiger partial charge in [-0.2, -0.15) is 0 Å². The van der Waals surface area contributed by atoms with Crippen molar-refractivity contribution in [2.24, 2.45) is 0 Å². The van der Waals surface area contributed by atoms with Crippen LogP contribution in [-0.4, -0.2) is 16.7 Å². The molecule has 1 aliphatic rings. The Morgan fingerprint density at radius 3 is 2.79 bits per heavy atom. The number of rotatable bonds is 3. The molecular formula is C15H12N2O2. The first-order valence-electron chi connectivity index (χ1n) is 6.07. The Morgan fingerprint density at radius 1 is 1.21 bits per heavy atom. The van der Waals surface area contributed by atoms with E-state index in [2.05, 4.69) is 10.3 Å². The molecule has 0 saturated heterocycles. The Bertz CT molecular complexity index is 638. The van der Waals surface area contributed by atoms with Crippen LogP contribution in [0, 0.1) is 0 Å². The fourth-order valence-electron chi connectivity index (χ4n) is 2.33. The molecule has 4 nitrogen and oxygen atoms in total. The van der Waals surface area contributed by atoms with Gasteiger partial charge in [-0.1, -0.05) is 30.3 Å². The number of hydrogen-bond acceptors (Lipinski definition) is 3. The second-order valence-corrected chi connectivity index (χ2v) is 4.51. The Kier molecular flexibility index (Phi) is 2.83. The number of carbonyl (C=O) groups is 2. The van der Waals surface area contributed by atoms with Crippen molar-refractivity contribution in [2.75, 3.05) is 5.32 Å². The van der Waals surface area contributed by atoms with Gasteiger partial charge in [-0.25, -0.2) is 0 Å². The van der Waals surface area contributed by atoms with Crippen LogP contribution in [0.25, 0.3) is 0 Å². The van der Waals surface area contributed by atoms with Gasteiger partial charge < -0.3 is 5.32 Å². The number of anilines is 1. The number of pyridine rings is 1. The van der Waals surface area contributed by atoms with Gasteiger partial charge in [-0.3, -0.25) is 14.6 Å². The van der Waals surface area contributed by atoms with Crippen molar-refractivity contribution in [1.82, 2.24) is 4.98 Å². The first-order valence-corrected chi connectivity index (χ1v) is 6.07. The summed E-state index contributed by atoms with van der Waals surface area (Å²) in [5.41, 5.74) is 2.28. The van der Waals surface area contributed by atoms with Gasteiger partial charge in [0.2, 0.25) is 5.91 Å². The lowest BCUT2D eigenvalue weighted by Crippen LogP contribution is -2.22. The van der Waals surface area contributed by atoms with Crippen LogP contribution in [0.15, 0.2) is 48.8 Å². The summed E-state index contributed by atoms with van der Waals surface area (Å²) in [6.07, 6.45) is 3.44. The van der Waals surface area contributed by atoms with Gasteiger partial charge in [-0.05, 0) is 17.2 Å². The molecule has 94 valence electrons. The van der Waals surface area contributed by atoms with E-state index in [1.54, 1.807) is 18.5 Å². The molecule has 1 N–H and O–H groups in total. The van der Waals surface area contributed by atoms with E-state index in [1.807, 2.05) is 30.3 Å². The Balaban J connectivity index is 1.86. The van der Waals surface area contributed by atoms with Gasteiger partial charge in [-0.15, -0.1) is 0 Å². The molecule has 0 bridgehead atoms. The zero-order valence-corrected chi connectivity index (χ0v) is 10.2. The summed E-state index contributed by atoms with van der Waals surface area (Å²) in [5.74, 6) is -1.06. The molecule has 1 aromatic carbocycles. The third-order valence-corrected chi connectivity index (χ3v) is 3.23. The van der Waals surface area contributed by atoms with Crippen LogP contribution in [0.2, 0.25) is 0 Å². The number of nitrogens with zero attached hydrogens (tertiary/aromatic N) is 1. The highest BCUT2D eigenvalue weighted by Gasteiger charge is 2.35. The molecule has 2 aromatic rings. The van der Waals surface area contributed by atoms with Crippen LogP contribution in [-0.2, 0) is 16.0 Å². The van der Waals surface area contributed by atoms with Crippen LogP contribution >= 0.6 is 0 Å². The third-order valence-electron chi connectivity index (χ3n) is 3.23. The van der Waals surface area contributed by atoms with Crippen molar-refractivity contribution in [3.63, 3.8) is 0 Å². The number of hydrogen-bond donors (Lipinski definition) is 1. The van der Waals surface area contributed by atoms with Gasteiger partial charge in [0.1, 0.15) is 5.92 Å². The molecule has 1 amide bonds. The number of benzene rings is 1. The minimum atomic E-state index is -0.710. The van der Waals surface area contributed by atoms with E-state index in [0.29, 0.717) is 5.69 Å². The van der Waals surface area contributed by atoms with Crippen molar-refractivity contribution >= 4 is 17.4 Å². The lowest BCUT2D eigenvalue weighted by Gasteiger charge is -2.07. The van der Waals surface area contributed by atoms with E-state index in [4.69, 9.17) is 0 Å². The maximum atomic E-state index is 12.3. The van der Waals surface area contributed by atoms with E-state index in [1.165, 1.54) is 0 Å². The van der Waals surface area contributed by atoms with Gasteiger partial charge in [0.25, 0.3) is 0 Å². The normalized spacial score (nSPS) is 16.8. The van der Waals surface area contributed by atoms with Crippen molar-refractivity contribution < 1.29 is 9.59 Å². The Hall–Kier alpha value is -2.49. The monoisotopic (exact) mass is 252 g/mol. The zero-order valence-electron chi connectivity index (χ0n) is 10.2. The van der Waals surface area contributed by atoms with Crippen molar-refractivity contribution in [2.45, 2.75) is 12.3 Å². The maximum absolute atomic E-state index is 12.3. The van der Waals surface area contributed by atoms with Crippen LogP contribution in [0.4, 0.5) is 5.69 Å². The molecule has 19 heavy (non-hydrogen) atoms. The number of ketones is 1. The van der Waals surface area contributed by atoms with E-state index in [0.717, 1.165) is 11.1 Å². The second kappa shape index (κ2) is 4.65. The number of fused-ring (bicyclic) bond motifs is 1. The molecule has 3 rings (SSSR count). The molecule has 2 heterocycles. The maximum Gasteiger partial charge on any atom is 0.239 e. The second-order valence-electron chi connectivity index (χ2n) is 4.51. The highest BCUT2D eigenvalue weighted by molar-refractivity contribution is 6.17. The molecule has 0 spiro atoms. The molecule has 1 atom stereocenters. The van der Waals surface area contributed by atoms with E-state index in [-0.39, 0.29) is 18.1 Å². The molecule has 1 aromatic heterocycles. The Labute approximate surface area is 110 Å². The fraction of sp³-hybridized carbons (Fsp3) is 0.133. The highest BCUT2D eigenvalue weighted by atomic mass is 16.2. The quantitative estimate of drug-likeness (QED) is 0.849. The molecule has 1 aliphatic heterocycles.